The van der Waals surface area contributed by atoms with Gasteiger partial charge in [0.15, 0.2) is 5.65 Å². The normalized spacial score (nSPS) is 20.5. The van der Waals surface area contributed by atoms with Crippen LogP contribution < -0.4 is 10.2 Å². The van der Waals surface area contributed by atoms with E-state index >= 15 is 0 Å². The van der Waals surface area contributed by atoms with Gasteiger partial charge in [-0.15, -0.1) is 0 Å². The zero-order chi connectivity index (χ0) is 16.8. The molecule has 2 aliphatic rings. The highest BCUT2D eigenvalue weighted by atomic mass is 15.2. The highest BCUT2D eigenvalue weighted by Crippen LogP contribution is 2.35. The van der Waals surface area contributed by atoms with E-state index in [0.717, 1.165) is 48.4 Å². The van der Waals surface area contributed by atoms with Crippen LogP contribution in [-0.2, 0) is 0 Å². The molecule has 25 heavy (non-hydrogen) atoms. The van der Waals surface area contributed by atoms with E-state index in [1.54, 1.807) is 0 Å². The van der Waals surface area contributed by atoms with Crippen LogP contribution in [0.1, 0.15) is 25.7 Å². The van der Waals surface area contributed by atoms with Crippen LogP contribution in [0.3, 0.4) is 0 Å². The quantitative estimate of drug-likeness (QED) is 0.749. The Morgan fingerprint density at radius 1 is 1.28 bits per heavy atom. The molecule has 5 rings (SSSR count). The fourth-order valence-corrected chi connectivity index (χ4v) is 4.02. The van der Waals surface area contributed by atoms with Gasteiger partial charge >= 0.3 is 0 Å². The lowest BCUT2D eigenvalue weighted by molar-refractivity contribution is 0.588. The first-order chi connectivity index (χ1) is 12.3. The lowest BCUT2D eigenvalue weighted by atomic mass is 10.1. The van der Waals surface area contributed by atoms with Crippen molar-refractivity contribution in [1.29, 1.82) is 0 Å². The molecule has 1 aliphatic heterocycles. The third kappa shape index (κ3) is 2.73. The first kappa shape index (κ1) is 14.8. The van der Waals surface area contributed by atoms with Crippen LogP contribution in [0, 0.1) is 5.92 Å². The summed E-state index contributed by atoms with van der Waals surface area (Å²) in [6.07, 6.45) is 10.8. The van der Waals surface area contributed by atoms with Gasteiger partial charge in [0.25, 0.3) is 0 Å². The number of nitrogens with zero attached hydrogens (tertiary/aromatic N) is 3. The Balaban J connectivity index is 1.41. The summed E-state index contributed by atoms with van der Waals surface area (Å²) in [5, 5.41) is 6.01. The predicted molar refractivity (Wildman–Crippen MR) is 102 cm³/mol. The Morgan fingerprint density at radius 3 is 3.08 bits per heavy atom. The molecule has 5 heteroatoms. The minimum Gasteiger partial charge on any atom is -0.384 e. The standard InChI is InChI=1S/C20H23N5/c1-13(10-14-2-3-14)24-15-6-9-25(12-15)18-5-8-21-17-11-23-20-16(19(17)18)4-7-22-20/h4-5,7-8,11,14-15,21,24H,1-3,6,9-10,12H2. The van der Waals surface area contributed by atoms with Crippen molar-refractivity contribution in [3.05, 3.63) is 43.0 Å². The van der Waals surface area contributed by atoms with Crippen molar-refractivity contribution in [2.75, 3.05) is 18.0 Å². The van der Waals surface area contributed by atoms with E-state index in [4.69, 9.17) is 0 Å². The summed E-state index contributed by atoms with van der Waals surface area (Å²) in [5.74, 6) is 0.886. The molecule has 0 amide bonds. The SMILES string of the molecule is C=C(CC1CC1)NC1CCN(c2cc[nH]c3cnc4nccc4c23)C1. The summed E-state index contributed by atoms with van der Waals surface area (Å²) >= 11 is 0. The molecular weight excluding hydrogens is 310 g/mol. The lowest BCUT2D eigenvalue weighted by Crippen LogP contribution is -2.32. The molecule has 0 radical (unpaired) electrons. The maximum Gasteiger partial charge on any atom is 0.159 e. The monoisotopic (exact) mass is 333 g/mol. The van der Waals surface area contributed by atoms with Gasteiger partial charge in [0.2, 0.25) is 0 Å². The minimum atomic E-state index is 0.487. The molecule has 1 aliphatic carbocycles. The molecule has 1 unspecified atom stereocenters. The van der Waals surface area contributed by atoms with Gasteiger partial charge in [0.05, 0.1) is 11.7 Å². The maximum absolute atomic E-state index is 4.44. The van der Waals surface area contributed by atoms with E-state index in [2.05, 4.69) is 43.9 Å². The number of H-pyrrole nitrogens is 1. The zero-order valence-corrected chi connectivity index (χ0v) is 14.3. The Labute approximate surface area is 147 Å². The summed E-state index contributed by atoms with van der Waals surface area (Å²) in [4.78, 5) is 14.6. The molecular formula is C20H23N5. The third-order valence-corrected chi connectivity index (χ3v) is 5.44. The smallest absolute Gasteiger partial charge is 0.159 e. The first-order valence-corrected chi connectivity index (χ1v) is 9.18. The molecule has 1 saturated heterocycles. The van der Waals surface area contributed by atoms with Crippen LogP contribution in [0.4, 0.5) is 5.69 Å². The van der Waals surface area contributed by atoms with Gasteiger partial charge < -0.3 is 15.2 Å². The average Bonchev–Trinajstić information content (AvgIpc) is 3.11. The molecule has 128 valence electrons. The van der Waals surface area contributed by atoms with E-state index in [9.17, 15) is 0 Å². The van der Waals surface area contributed by atoms with Crippen LogP contribution in [0.25, 0.3) is 21.9 Å². The molecule has 0 aromatic carbocycles. The van der Waals surface area contributed by atoms with Gasteiger partial charge in [-0.2, -0.15) is 0 Å². The summed E-state index contributed by atoms with van der Waals surface area (Å²) in [7, 11) is 0. The van der Waals surface area contributed by atoms with Gasteiger partial charge in [0.1, 0.15) is 0 Å². The molecule has 1 saturated carbocycles. The van der Waals surface area contributed by atoms with Gasteiger partial charge in [-0.05, 0) is 43.7 Å². The summed E-state index contributed by atoms with van der Waals surface area (Å²) in [5.41, 5.74) is 4.37. The molecule has 5 nitrogen and oxygen atoms in total. The molecule has 2 fully saturated rings. The van der Waals surface area contributed by atoms with Crippen molar-refractivity contribution in [1.82, 2.24) is 20.3 Å². The van der Waals surface area contributed by atoms with Crippen molar-refractivity contribution < 1.29 is 0 Å². The maximum atomic E-state index is 4.44. The fourth-order valence-electron chi connectivity index (χ4n) is 4.02. The van der Waals surface area contributed by atoms with Crippen molar-refractivity contribution in [3.63, 3.8) is 0 Å². The second-order valence-electron chi connectivity index (χ2n) is 7.42. The largest absolute Gasteiger partial charge is 0.384 e. The Bertz CT molecular complexity index is 940. The number of pyridine rings is 2. The van der Waals surface area contributed by atoms with Gasteiger partial charge in [-0.1, -0.05) is 6.58 Å². The van der Waals surface area contributed by atoms with Crippen molar-refractivity contribution in [2.45, 2.75) is 31.7 Å². The van der Waals surface area contributed by atoms with E-state index in [0.29, 0.717) is 6.04 Å². The molecule has 0 bridgehead atoms. The number of rotatable bonds is 5. The van der Waals surface area contributed by atoms with Crippen molar-refractivity contribution in [2.24, 2.45) is 5.92 Å². The number of allylic oxidation sites excluding steroid dienone is 1. The summed E-state index contributed by atoms with van der Waals surface area (Å²) in [6.45, 7) is 6.30. The number of fused-ring (bicyclic) bond motifs is 3. The minimum absolute atomic E-state index is 0.487. The Hall–Kier alpha value is -2.56. The van der Waals surface area contributed by atoms with Gasteiger partial charge in [-0.3, -0.25) is 0 Å². The van der Waals surface area contributed by atoms with Crippen LogP contribution in [0.2, 0.25) is 0 Å². The van der Waals surface area contributed by atoms with Crippen LogP contribution >= 0.6 is 0 Å². The second-order valence-corrected chi connectivity index (χ2v) is 7.42. The van der Waals surface area contributed by atoms with Gasteiger partial charge in [0, 0.05) is 53.7 Å². The zero-order valence-electron chi connectivity index (χ0n) is 14.3. The van der Waals surface area contributed by atoms with Crippen molar-refractivity contribution >= 4 is 27.6 Å². The van der Waals surface area contributed by atoms with Crippen molar-refractivity contribution in [3.8, 4) is 0 Å². The van der Waals surface area contributed by atoms with E-state index in [1.807, 2.05) is 18.6 Å². The lowest BCUT2D eigenvalue weighted by Gasteiger charge is -2.22. The molecule has 2 N–H and O–H groups in total. The first-order valence-electron chi connectivity index (χ1n) is 9.18. The van der Waals surface area contributed by atoms with Crippen LogP contribution in [0.15, 0.2) is 43.0 Å². The number of anilines is 1. The molecule has 1 atom stereocenters. The Morgan fingerprint density at radius 2 is 2.20 bits per heavy atom. The average molecular weight is 333 g/mol. The number of nitrogens with one attached hydrogen (secondary N) is 2. The van der Waals surface area contributed by atoms with E-state index in [-0.39, 0.29) is 0 Å². The predicted octanol–water partition coefficient (Wildman–Crippen LogP) is 3.59. The number of hydrogen-bond donors (Lipinski definition) is 2. The second kappa shape index (κ2) is 5.76. The Kier molecular flexibility index (Phi) is 3.40. The molecule has 3 aromatic rings. The number of aromatic amines is 1. The van der Waals surface area contributed by atoms with E-state index in [1.165, 1.54) is 29.6 Å². The highest BCUT2D eigenvalue weighted by Gasteiger charge is 2.27. The van der Waals surface area contributed by atoms with E-state index < -0.39 is 0 Å². The van der Waals surface area contributed by atoms with Gasteiger partial charge in [-0.25, -0.2) is 9.97 Å². The topological polar surface area (TPSA) is 56.8 Å². The summed E-state index contributed by atoms with van der Waals surface area (Å²) in [6, 6.07) is 4.72. The molecule has 0 spiro atoms. The number of aromatic nitrogens is 3. The number of hydrogen-bond acceptors (Lipinski definition) is 4. The molecule has 3 aromatic heterocycles. The van der Waals surface area contributed by atoms with Crippen LogP contribution in [0.5, 0.6) is 0 Å². The fraction of sp³-hybridized carbons (Fsp3) is 0.400. The highest BCUT2D eigenvalue weighted by molar-refractivity contribution is 6.10. The third-order valence-electron chi connectivity index (χ3n) is 5.44. The summed E-state index contributed by atoms with van der Waals surface area (Å²) < 4.78 is 0. The van der Waals surface area contributed by atoms with Crippen LogP contribution in [-0.4, -0.2) is 34.1 Å². The molecule has 4 heterocycles.